The summed E-state index contributed by atoms with van der Waals surface area (Å²) >= 11 is 0. The van der Waals surface area contributed by atoms with Crippen LogP contribution >= 0.6 is 0 Å². The summed E-state index contributed by atoms with van der Waals surface area (Å²) in [5, 5.41) is -1.38. The van der Waals surface area contributed by atoms with Gasteiger partial charge in [0.1, 0.15) is 55.5 Å². The van der Waals surface area contributed by atoms with Crippen molar-refractivity contribution in [1.29, 1.82) is 0 Å². The van der Waals surface area contributed by atoms with Gasteiger partial charge in [-0.05, 0) is 59.3 Å². The van der Waals surface area contributed by atoms with Gasteiger partial charge in [0.05, 0.1) is 42.3 Å². The van der Waals surface area contributed by atoms with E-state index in [0.29, 0.717) is 10.9 Å². The maximum Gasteiger partial charge on any atom is 0.225 e. The highest BCUT2D eigenvalue weighted by Gasteiger charge is 2.57. The first-order chi connectivity index (χ1) is 16.8. The van der Waals surface area contributed by atoms with Gasteiger partial charge in [-0.1, -0.05) is 0 Å². The number of nitrogens with one attached hydrogen (secondary N) is 1. The molecule has 2 aliphatic rings. The van der Waals surface area contributed by atoms with Crippen LogP contribution in [0.5, 0.6) is 5.88 Å². The predicted molar refractivity (Wildman–Crippen MR) is 142 cm³/mol. The molecule has 2 fully saturated rings. The van der Waals surface area contributed by atoms with Crippen molar-refractivity contribution >= 4 is 79.5 Å². The number of hydrogen-bond acceptors (Lipinski definition) is 7. The predicted octanol–water partition coefficient (Wildman–Crippen LogP) is -1.35. The van der Waals surface area contributed by atoms with Gasteiger partial charge in [0, 0.05) is 18.2 Å². The Morgan fingerprint density at radius 2 is 1.61 bits per heavy atom. The number of pyridine rings is 2. The molecule has 16 heteroatoms. The summed E-state index contributed by atoms with van der Waals surface area (Å²) in [6.07, 6.45) is 6.29. The Morgan fingerprint density at radius 3 is 2.22 bits per heavy atom. The van der Waals surface area contributed by atoms with Crippen LogP contribution in [-0.2, 0) is 4.74 Å². The maximum absolute atomic E-state index is 6.36. The lowest BCUT2D eigenvalue weighted by atomic mass is 9.30. The van der Waals surface area contributed by atoms with E-state index < -0.39 is 21.5 Å². The molecule has 1 saturated carbocycles. The molecule has 5 rings (SSSR count). The highest BCUT2D eigenvalue weighted by atomic mass is 16.5. The zero-order valence-electron chi connectivity index (χ0n) is 19.5. The van der Waals surface area contributed by atoms with Crippen molar-refractivity contribution in [2.24, 2.45) is 0 Å². The number of fused-ring (bicyclic) bond motifs is 1. The smallest absolute Gasteiger partial charge is 0.225 e. The number of ether oxygens (including phenoxy) is 2. The summed E-state index contributed by atoms with van der Waals surface area (Å²) in [7, 11) is 49.4. The monoisotopic (exact) mass is 460 g/mol. The Labute approximate surface area is 220 Å². The number of aromatic amines is 1. The quantitative estimate of drug-likeness (QED) is 0.484. The number of morpholine rings is 1. The maximum atomic E-state index is 6.36. The van der Waals surface area contributed by atoms with Crippen LogP contribution < -0.4 is 9.64 Å². The molecular formula is C20H16B8N6O2. The zero-order valence-corrected chi connectivity index (χ0v) is 19.5. The number of nitrogens with zero attached hydrogens (tertiary/aromatic N) is 5. The summed E-state index contributed by atoms with van der Waals surface area (Å²) in [4.78, 5) is 14.4. The van der Waals surface area contributed by atoms with Crippen molar-refractivity contribution in [2.75, 3.05) is 4.90 Å². The van der Waals surface area contributed by atoms with Gasteiger partial charge < -0.3 is 14.4 Å². The van der Waals surface area contributed by atoms with Gasteiger partial charge in [0.2, 0.25) is 5.88 Å². The lowest BCUT2D eigenvalue weighted by Crippen LogP contribution is -2.86. The molecule has 1 saturated heterocycles. The van der Waals surface area contributed by atoms with Crippen LogP contribution in [-0.4, -0.2) is 115 Å². The van der Waals surface area contributed by atoms with Crippen LogP contribution in [0.25, 0.3) is 10.9 Å². The molecule has 0 amide bonds. The summed E-state index contributed by atoms with van der Waals surface area (Å²) in [6, 6.07) is 5.16. The van der Waals surface area contributed by atoms with Gasteiger partial charge in [-0.25, -0.2) is 4.98 Å². The molecule has 16 radical (unpaired) electrons. The third kappa shape index (κ3) is 4.09. The molecule has 1 aliphatic heterocycles. The van der Waals surface area contributed by atoms with Crippen molar-refractivity contribution < 1.29 is 9.47 Å². The van der Waals surface area contributed by atoms with Crippen LogP contribution in [0.3, 0.4) is 0 Å². The van der Waals surface area contributed by atoms with Crippen LogP contribution in [0.1, 0.15) is 37.4 Å². The Balaban J connectivity index is 1.51. The van der Waals surface area contributed by atoms with Gasteiger partial charge in [0.25, 0.3) is 0 Å². The number of hydrogen-bond donors (Lipinski definition) is 1. The van der Waals surface area contributed by atoms with E-state index in [1.165, 1.54) is 6.33 Å². The number of anilines is 1. The van der Waals surface area contributed by atoms with E-state index in [4.69, 9.17) is 72.2 Å². The Kier molecular flexibility index (Phi) is 6.13. The molecule has 3 aromatic heterocycles. The van der Waals surface area contributed by atoms with Crippen LogP contribution in [0, 0.1) is 0 Å². The standard InChI is InChI=1S/C20H16B8N6O2/c21-17(22)19(25,26)36-20(27,28)18(23,24)34(17)14-8-13-12(2-1-7-29-13)16(32-14)35-11-5-3-10(4-6-11)15-30-9-31-33-15/h1-2,7-11H,3-6H2,(H,30,31,33). The van der Waals surface area contributed by atoms with Gasteiger partial charge in [-0.3, -0.25) is 10.1 Å². The van der Waals surface area contributed by atoms with E-state index in [1.54, 1.807) is 18.3 Å². The van der Waals surface area contributed by atoms with E-state index in [-0.39, 0.29) is 23.7 Å². The largest absolute Gasteiger partial charge is 0.474 e. The van der Waals surface area contributed by atoms with E-state index >= 15 is 0 Å². The fourth-order valence-corrected chi connectivity index (χ4v) is 4.74. The van der Waals surface area contributed by atoms with Crippen LogP contribution in [0.2, 0.25) is 0 Å². The SMILES string of the molecule is [B]C1([B])OC([B])([B])C([B])([B])N(c2cc3ncccc3c(OC3CCC(c4ncn[nH]4)CC3)n2)C1([B])[B]. The lowest BCUT2D eigenvalue weighted by Gasteiger charge is -2.70. The van der Waals surface area contributed by atoms with Crippen LogP contribution in [0.15, 0.2) is 30.7 Å². The molecular weight excluding hydrogens is 443 g/mol. The minimum atomic E-state index is -2.26. The Hall–Kier alpha value is -2.22. The first-order valence-corrected chi connectivity index (χ1v) is 11.4. The normalized spacial score (nSPS) is 26.4. The first kappa shape index (κ1) is 25.4. The second-order valence-electron chi connectivity index (χ2n) is 9.49. The third-order valence-corrected chi connectivity index (χ3v) is 6.88. The minimum Gasteiger partial charge on any atom is -0.474 e. The average Bonchev–Trinajstić information content (AvgIpc) is 3.33. The van der Waals surface area contributed by atoms with Crippen molar-refractivity contribution in [1.82, 2.24) is 25.1 Å². The second-order valence-corrected chi connectivity index (χ2v) is 9.49. The highest BCUT2D eigenvalue weighted by Crippen LogP contribution is 2.44. The number of aromatic nitrogens is 5. The van der Waals surface area contributed by atoms with Crippen molar-refractivity contribution in [3.8, 4) is 5.88 Å². The Bertz CT molecular complexity index is 1220. The Morgan fingerprint density at radius 1 is 0.944 bits per heavy atom. The summed E-state index contributed by atoms with van der Waals surface area (Å²) < 4.78 is 11.7. The number of rotatable bonds is 4. The van der Waals surface area contributed by atoms with E-state index in [0.717, 1.165) is 36.4 Å². The summed E-state index contributed by atoms with van der Waals surface area (Å²) in [5.41, 5.74) is 0.505. The van der Waals surface area contributed by atoms with Gasteiger partial charge in [-0.15, -0.1) is 0 Å². The fraction of sp³-hybridized carbons (Fsp3) is 0.500. The second kappa shape index (κ2) is 8.67. The molecule has 8 nitrogen and oxygen atoms in total. The molecule has 0 aromatic carbocycles. The van der Waals surface area contributed by atoms with Gasteiger partial charge in [-0.2, -0.15) is 10.1 Å². The molecule has 4 heterocycles. The molecule has 36 heavy (non-hydrogen) atoms. The molecule has 0 atom stereocenters. The van der Waals surface area contributed by atoms with Gasteiger partial charge >= 0.3 is 0 Å². The van der Waals surface area contributed by atoms with E-state index in [1.807, 2.05) is 6.07 Å². The van der Waals surface area contributed by atoms with Crippen molar-refractivity contribution in [3.05, 3.63) is 36.5 Å². The topological polar surface area (TPSA) is 89.0 Å². The molecule has 0 spiro atoms. The average molecular weight is 459 g/mol. The first-order valence-electron chi connectivity index (χ1n) is 11.4. The molecule has 1 aliphatic carbocycles. The van der Waals surface area contributed by atoms with Crippen LogP contribution in [0.4, 0.5) is 5.82 Å². The van der Waals surface area contributed by atoms with Crippen molar-refractivity contribution in [2.45, 2.75) is 59.2 Å². The third-order valence-electron chi connectivity index (χ3n) is 6.88. The van der Waals surface area contributed by atoms with E-state index in [2.05, 4.69) is 25.1 Å². The summed E-state index contributed by atoms with van der Waals surface area (Å²) in [5.74, 6) is 1.48. The van der Waals surface area contributed by atoms with E-state index in [9.17, 15) is 0 Å². The zero-order chi connectivity index (χ0) is 25.9. The minimum absolute atomic E-state index is 0.0467. The highest BCUT2D eigenvalue weighted by molar-refractivity contribution is 6.61. The van der Waals surface area contributed by atoms with Crippen molar-refractivity contribution in [3.63, 3.8) is 0 Å². The molecule has 1 N–H and O–H groups in total. The summed E-state index contributed by atoms with van der Waals surface area (Å²) in [6.45, 7) is 0. The van der Waals surface area contributed by atoms with Gasteiger partial charge in [0.15, 0.2) is 0 Å². The molecule has 0 bridgehead atoms. The molecule has 0 unspecified atom stereocenters. The molecule has 162 valence electrons. The lowest BCUT2D eigenvalue weighted by molar-refractivity contribution is -0.0257. The molecule has 3 aromatic rings. The number of H-pyrrole nitrogens is 1. The fourth-order valence-electron chi connectivity index (χ4n) is 4.74.